The summed E-state index contributed by atoms with van der Waals surface area (Å²) in [6.45, 7) is 1.76. The quantitative estimate of drug-likeness (QED) is 0.491. The van der Waals surface area contributed by atoms with Gasteiger partial charge >= 0.3 is 5.97 Å². The first kappa shape index (κ1) is 19.2. The number of aromatic nitrogens is 1. The zero-order valence-corrected chi connectivity index (χ0v) is 16.0. The zero-order valence-electron chi connectivity index (χ0n) is 15.2. The monoisotopic (exact) mass is 395 g/mol. The highest BCUT2D eigenvalue weighted by atomic mass is 32.1. The van der Waals surface area contributed by atoms with Crippen molar-refractivity contribution in [2.24, 2.45) is 5.10 Å². The third kappa shape index (κ3) is 4.24. The lowest BCUT2D eigenvalue weighted by atomic mass is 10.1. The van der Waals surface area contributed by atoms with Gasteiger partial charge < -0.3 is 9.84 Å². The van der Waals surface area contributed by atoms with Crippen molar-refractivity contribution in [3.63, 3.8) is 0 Å². The standard InChI is InChI=1S/C20H17N3O4S/c1-12-17(28-19(22-12)15-5-3-4-6-16(15)27-2)18(24)23-21-11-13-7-9-14(10-8-13)20(25)26/h3-11H,1-2H3,(H,23,24)(H,25,26). The Morgan fingerprint density at radius 1 is 1.18 bits per heavy atom. The van der Waals surface area contributed by atoms with E-state index in [0.717, 1.165) is 5.56 Å². The molecule has 0 aliphatic rings. The number of hydrazone groups is 1. The summed E-state index contributed by atoms with van der Waals surface area (Å²) in [6.07, 6.45) is 1.45. The Balaban J connectivity index is 1.73. The molecule has 1 amide bonds. The van der Waals surface area contributed by atoms with Crippen molar-refractivity contribution in [2.75, 3.05) is 7.11 Å². The van der Waals surface area contributed by atoms with Gasteiger partial charge in [-0.05, 0) is 36.8 Å². The number of rotatable bonds is 6. The summed E-state index contributed by atoms with van der Waals surface area (Å²) in [5.41, 5.74) is 4.75. The van der Waals surface area contributed by atoms with Crippen molar-refractivity contribution in [1.82, 2.24) is 10.4 Å². The number of aromatic carboxylic acids is 1. The van der Waals surface area contributed by atoms with Crippen LogP contribution in [0.25, 0.3) is 10.6 Å². The van der Waals surface area contributed by atoms with Crippen molar-refractivity contribution >= 4 is 29.4 Å². The highest BCUT2D eigenvalue weighted by molar-refractivity contribution is 7.17. The average Bonchev–Trinajstić information content (AvgIpc) is 3.10. The molecule has 1 heterocycles. The van der Waals surface area contributed by atoms with E-state index in [-0.39, 0.29) is 11.5 Å². The minimum Gasteiger partial charge on any atom is -0.496 e. The number of carbonyl (C=O) groups excluding carboxylic acids is 1. The largest absolute Gasteiger partial charge is 0.496 e. The predicted octanol–water partition coefficient (Wildman–Crippen LogP) is 3.59. The third-order valence-electron chi connectivity index (χ3n) is 3.88. The van der Waals surface area contributed by atoms with Gasteiger partial charge in [0.05, 0.1) is 30.1 Å². The third-order valence-corrected chi connectivity index (χ3v) is 5.07. The maximum Gasteiger partial charge on any atom is 0.335 e. The van der Waals surface area contributed by atoms with Gasteiger partial charge in [-0.3, -0.25) is 4.79 Å². The van der Waals surface area contributed by atoms with Gasteiger partial charge in [-0.15, -0.1) is 11.3 Å². The molecule has 0 atom stereocenters. The molecule has 0 saturated heterocycles. The first-order valence-corrected chi connectivity index (χ1v) is 9.09. The van der Waals surface area contributed by atoms with Gasteiger partial charge in [0.2, 0.25) is 0 Å². The molecule has 0 spiro atoms. The molecule has 28 heavy (non-hydrogen) atoms. The Labute approximate surface area is 165 Å². The van der Waals surface area contributed by atoms with Crippen LogP contribution in [0.2, 0.25) is 0 Å². The number of hydrogen-bond donors (Lipinski definition) is 2. The highest BCUT2D eigenvalue weighted by Crippen LogP contribution is 2.34. The summed E-state index contributed by atoms with van der Waals surface area (Å²) in [4.78, 5) is 28.2. The number of benzene rings is 2. The van der Waals surface area contributed by atoms with Crippen molar-refractivity contribution in [3.05, 3.63) is 70.2 Å². The highest BCUT2D eigenvalue weighted by Gasteiger charge is 2.17. The summed E-state index contributed by atoms with van der Waals surface area (Å²) >= 11 is 1.26. The van der Waals surface area contributed by atoms with Gasteiger partial charge in [0.15, 0.2) is 0 Å². The average molecular weight is 395 g/mol. The fraction of sp³-hybridized carbons (Fsp3) is 0.100. The number of hydrogen-bond acceptors (Lipinski definition) is 6. The molecule has 0 fully saturated rings. The fourth-order valence-corrected chi connectivity index (χ4v) is 3.46. The molecule has 3 rings (SSSR count). The molecule has 0 unspecified atom stereocenters. The molecule has 3 aromatic rings. The van der Waals surface area contributed by atoms with Gasteiger partial charge in [-0.2, -0.15) is 5.10 Å². The normalized spacial score (nSPS) is 10.8. The van der Waals surface area contributed by atoms with Gasteiger partial charge in [-0.1, -0.05) is 24.3 Å². The number of amides is 1. The summed E-state index contributed by atoms with van der Waals surface area (Å²) in [6, 6.07) is 13.6. The van der Waals surface area contributed by atoms with E-state index >= 15 is 0 Å². The molecule has 2 N–H and O–H groups in total. The van der Waals surface area contributed by atoms with Crippen LogP contribution in [-0.4, -0.2) is 35.3 Å². The van der Waals surface area contributed by atoms with E-state index in [4.69, 9.17) is 9.84 Å². The number of carbonyl (C=O) groups is 2. The lowest BCUT2D eigenvalue weighted by Gasteiger charge is -2.04. The molecule has 0 radical (unpaired) electrons. The van der Waals surface area contributed by atoms with E-state index in [1.807, 2.05) is 24.3 Å². The SMILES string of the molecule is COc1ccccc1-c1nc(C)c(C(=O)NN=Cc2ccc(C(=O)O)cc2)s1. The van der Waals surface area contributed by atoms with Crippen LogP contribution in [0, 0.1) is 6.92 Å². The smallest absolute Gasteiger partial charge is 0.335 e. The van der Waals surface area contributed by atoms with Crippen molar-refractivity contribution in [2.45, 2.75) is 6.92 Å². The van der Waals surface area contributed by atoms with E-state index in [2.05, 4.69) is 15.5 Å². The molecule has 0 saturated carbocycles. The van der Waals surface area contributed by atoms with Crippen molar-refractivity contribution in [1.29, 1.82) is 0 Å². The zero-order chi connectivity index (χ0) is 20.1. The number of thiazole rings is 1. The van der Waals surface area contributed by atoms with Crippen LogP contribution in [0.1, 0.15) is 31.3 Å². The Bertz CT molecular complexity index is 1040. The van der Waals surface area contributed by atoms with Gasteiger partial charge in [0, 0.05) is 0 Å². The van der Waals surface area contributed by atoms with Crippen molar-refractivity contribution in [3.8, 4) is 16.3 Å². The lowest BCUT2D eigenvalue weighted by molar-refractivity contribution is 0.0696. The van der Waals surface area contributed by atoms with Crippen LogP contribution in [-0.2, 0) is 0 Å². The summed E-state index contributed by atoms with van der Waals surface area (Å²) in [5, 5.41) is 13.5. The number of carboxylic acids is 1. The molecular formula is C20H17N3O4S. The van der Waals surface area contributed by atoms with Crippen LogP contribution < -0.4 is 10.2 Å². The van der Waals surface area contributed by atoms with E-state index < -0.39 is 5.97 Å². The van der Waals surface area contributed by atoms with E-state index in [1.54, 1.807) is 26.2 Å². The first-order chi connectivity index (χ1) is 13.5. The van der Waals surface area contributed by atoms with Crippen LogP contribution in [0.3, 0.4) is 0 Å². The predicted molar refractivity (Wildman–Crippen MR) is 107 cm³/mol. The number of carboxylic acid groups (broad SMARTS) is 1. The molecule has 2 aromatic carbocycles. The molecule has 8 heteroatoms. The number of methoxy groups -OCH3 is 1. The Morgan fingerprint density at radius 3 is 2.57 bits per heavy atom. The molecule has 142 valence electrons. The van der Waals surface area contributed by atoms with Crippen molar-refractivity contribution < 1.29 is 19.4 Å². The summed E-state index contributed by atoms with van der Waals surface area (Å²) in [5.74, 6) is -0.677. The first-order valence-electron chi connectivity index (χ1n) is 8.27. The molecular weight excluding hydrogens is 378 g/mol. The number of nitrogens with one attached hydrogen (secondary N) is 1. The molecule has 7 nitrogen and oxygen atoms in total. The minimum atomic E-state index is -0.997. The number of para-hydroxylation sites is 1. The van der Waals surface area contributed by atoms with E-state index in [1.165, 1.54) is 29.7 Å². The maximum atomic E-state index is 12.4. The number of nitrogens with zero attached hydrogens (tertiary/aromatic N) is 2. The topological polar surface area (TPSA) is 101 Å². The van der Waals surface area contributed by atoms with Gasteiger partial charge in [-0.25, -0.2) is 15.2 Å². The minimum absolute atomic E-state index is 0.185. The molecule has 0 aliphatic carbocycles. The second-order valence-corrected chi connectivity index (χ2v) is 6.76. The van der Waals surface area contributed by atoms with E-state index in [9.17, 15) is 9.59 Å². The second kappa shape index (κ2) is 8.45. The maximum absolute atomic E-state index is 12.4. The van der Waals surface area contributed by atoms with Gasteiger partial charge in [0.25, 0.3) is 5.91 Å². The number of ether oxygens (including phenoxy) is 1. The second-order valence-electron chi connectivity index (χ2n) is 5.76. The lowest BCUT2D eigenvalue weighted by Crippen LogP contribution is -2.17. The number of aryl methyl sites for hydroxylation is 1. The van der Waals surface area contributed by atoms with Crippen LogP contribution in [0.4, 0.5) is 0 Å². The fourth-order valence-electron chi connectivity index (χ4n) is 2.47. The molecule has 1 aromatic heterocycles. The van der Waals surface area contributed by atoms with Crippen LogP contribution in [0.5, 0.6) is 5.75 Å². The molecule has 0 aliphatic heterocycles. The Morgan fingerprint density at radius 2 is 1.89 bits per heavy atom. The van der Waals surface area contributed by atoms with Gasteiger partial charge in [0.1, 0.15) is 15.6 Å². The Kier molecular flexibility index (Phi) is 5.81. The van der Waals surface area contributed by atoms with Crippen LogP contribution >= 0.6 is 11.3 Å². The Hall–Kier alpha value is -3.52. The summed E-state index contributed by atoms with van der Waals surface area (Å²) in [7, 11) is 1.59. The van der Waals surface area contributed by atoms with E-state index in [0.29, 0.717) is 26.9 Å². The molecule has 0 bridgehead atoms. The van der Waals surface area contributed by atoms with Crippen LogP contribution in [0.15, 0.2) is 53.6 Å². The summed E-state index contributed by atoms with van der Waals surface area (Å²) < 4.78 is 5.35.